The van der Waals surface area contributed by atoms with Crippen LogP contribution in [0.2, 0.25) is 0 Å². The van der Waals surface area contributed by atoms with Gasteiger partial charge in [0.1, 0.15) is 0 Å². The summed E-state index contributed by atoms with van der Waals surface area (Å²) >= 11 is 2.38. The number of halogens is 1. The van der Waals surface area contributed by atoms with Crippen molar-refractivity contribution in [1.82, 2.24) is 0 Å². The summed E-state index contributed by atoms with van der Waals surface area (Å²) in [5.74, 6) is 0.817. The van der Waals surface area contributed by atoms with Gasteiger partial charge >= 0.3 is 0 Å². The van der Waals surface area contributed by atoms with Gasteiger partial charge in [-0.3, -0.25) is 4.79 Å². The molecule has 0 aliphatic rings. The number of primary amides is 1. The highest BCUT2D eigenvalue weighted by atomic mass is 127. The van der Waals surface area contributed by atoms with Gasteiger partial charge in [-0.2, -0.15) is 0 Å². The molecule has 2 atom stereocenters. The third-order valence-corrected chi connectivity index (χ3v) is 4.37. The van der Waals surface area contributed by atoms with Gasteiger partial charge in [-0.15, -0.1) is 0 Å². The number of amides is 1. The molecule has 0 saturated heterocycles. The van der Waals surface area contributed by atoms with E-state index in [1.807, 2.05) is 0 Å². The second kappa shape index (κ2) is 4.95. The quantitative estimate of drug-likeness (QED) is 0.615. The van der Waals surface area contributed by atoms with Gasteiger partial charge in [-0.25, -0.2) is 0 Å². The fourth-order valence-electron chi connectivity index (χ4n) is 1.09. The molecule has 0 fully saturated rings. The second-order valence-corrected chi connectivity index (χ2v) is 4.77. The van der Waals surface area contributed by atoms with Crippen molar-refractivity contribution in [2.75, 3.05) is 0 Å². The van der Waals surface area contributed by atoms with Gasteiger partial charge in [0.2, 0.25) is 5.91 Å². The zero-order chi connectivity index (χ0) is 9.02. The number of nitrogens with two attached hydrogens (primary N) is 1. The number of rotatable bonds is 4. The zero-order valence-electron chi connectivity index (χ0n) is 7.30. The third-order valence-electron chi connectivity index (χ3n) is 1.70. The zero-order valence-corrected chi connectivity index (χ0v) is 9.46. The van der Waals surface area contributed by atoms with Crippen LogP contribution in [0.25, 0.3) is 0 Å². The molecule has 0 radical (unpaired) electrons. The van der Waals surface area contributed by atoms with Crippen LogP contribution in [0.3, 0.4) is 0 Å². The minimum atomic E-state index is -0.195. The van der Waals surface area contributed by atoms with Crippen LogP contribution in [0.15, 0.2) is 0 Å². The van der Waals surface area contributed by atoms with Crippen LogP contribution in [0.5, 0.6) is 0 Å². The Morgan fingerprint density at radius 1 is 1.45 bits per heavy atom. The fourth-order valence-corrected chi connectivity index (χ4v) is 1.34. The summed E-state index contributed by atoms with van der Waals surface area (Å²) < 4.78 is 0.542. The largest absolute Gasteiger partial charge is 0.370 e. The Kier molecular flexibility index (Phi) is 5.04. The summed E-state index contributed by atoms with van der Waals surface area (Å²) in [5, 5.41) is 0. The van der Waals surface area contributed by atoms with Gasteiger partial charge in [-0.05, 0) is 11.8 Å². The molecule has 0 unspecified atom stereocenters. The van der Waals surface area contributed by atoms with Crippen molar-refractivity contribution in [2.24, 2.45) is 17.6 Å². The number of alkyl halides is 1. The standard InChI is InChI=1S/C8H16INO/c1-5(2)8(9)6(3)4-7(10)11/h5-6,8H,4H2,1-3H3,(H2,10,11)/t6-,8+/m1/s1. The van der Waals surface area contributed by atoms with E-state index < -0.39 is 0 Å². The predicted octanol–water partition coefficient (Wildman–Crippen LogP) is 1.96. The van der Waals surface area contributed by atoms with E-state index in [2.05, 4.69) is 43.4 Å². The van der Waals surface area contributed by atoms with Crippen molar-refractivity contribution in [1.29, 1.82) is 0 Å². The molecule has 0 rings (SSSR count). The van der Waals surface area contributed by atoms with Gasteiger partial charge in [0.05, 0.1) is 0 Å². The smallest absolute Gasteiger partial charge is 0.217 e. The average molecular weight is 269 g/mol. The first-order valence-corrected chi connectivity index (χ1v) is 5.12. The molecule has 11 heavy (non-hydrogen) atoms. The highest BCUT2D eigenvalue weighted by molar-refractivity contribution is 14.1. The van der Waals surface area contributed by atoms with Crippen LogP contribution < -0.4 is 5.73 Å². The summed E-state index contributed by atoms with van der Waals surface area (Å²) in [4.78, 5) is 10.6. The van der Waals surface area contributed by atoms with Crippen LogP contribution in [0.4, 0.5) is 0 Å². The van der Waals surface area contributed by atoms with Gasteiger partial charge in [0, 0.05) is 10.3 Å². The lowest BCUT2D eigenvalue weighted by molar-refractivity contribution is -0.118. The molecule has 0 aromatic carbocycles. The first-order chi connectivity index (χ1) is 4.95. The maximum atomic E-state index is 10.6. The highest BCUT2D eigenvalue weighted by Gasteiger charge is 2.18. The molecular weight excluding hydrogens is 253 g/mol. The van der Waals surface area contributed by atoms with Crippen LogP contribution >= 0.6 is 22.6 Å². The topological polar surface area (TPSA) is 43.1 Å². The Bertz CT molecular complexity index is 136. The Balaban J connectivity index is 3.82. The van der Waals surface area contributed by atoms with Crippen molar-refractivity contribution >= 4 is 28.5 Å². The minimum absolute atomic E-state index is 0.195. The Hall–Kier alpha value is 0.200. The van der Waals surface area contributed by atoms with Crippen LogP contribution in [0, 0.1) is 11.8 Å². The summed E-state index contributed by atoms with van der Waals surface area (Å²) in [6, 6.07) is 0. The van der Waals surface area contributed by atoms with E-state index in [0.29, 0.717) is 22.2 Å². The van der Waals surface area contributed by atoms with Crippen molar-refractivity contribution in [3.63, 3.8) is 0 Å². The maximum absolute atomic E-state index is 10.6. The lowest BCUT2D eigenvalue weighted by atomic mass is 9.96. The summed E-state index contributed by atoms with van der Waals surface area (Å²) in [5.41, 5.74) is 5.09. The van der Waals surface area contributed by atoms with Gasteiger partial charge in [0.25, 0.3) is 0 Å². The lowest BCUT2D eigenvalue weighted by Crippen LogP contribution is -2.23. The van der Waals surface area contributed by atoms with E-state index >= 15 is 0 Å². The molecule has 0 aromatic rings. The number of hydrogen-bond donors (Lipinski definition) is 1. The van der Waals surface area contributed by atoms with Crippen LogP contribution in [-0.2, 0) is 4.79 Å². The summed E-state index contributed by atoms with van der Waals surface area (Å²) in [7, 11) is 0. The van der Waals surface area contributed by atoms with Crippen molar-refractivity contribution in [3.05, 3.63) is 0 Å². The van der Waals surface area contributed by atoms with Gasteiger partial charge < -0.3 is 5.73 Å². The third kappa shape index (κ3) is 4.61. The Labute approximate surface area is 82.1 Å². The van der Waals surface area contributed by atoms with E-state index in [-0.39, 0.29) is 5.91 Å². The molecule has 3 heteroatoms. The average Bonchev–Trinajstić information content (AvgIpc) is 1.84. The molecule has 0 saturated carbocycles. The number of carbonyl (C=O) groups excluding carboxylic acids is 1. The summed E-state index contributed by atoms with van der Waals surface area (Å²) in [6.45, 7) is 6.39. The molecule has 0 heterocycles. The molecule has 0 aliphatic heterocycles. The van der Waals surface area contributed by atoms with E-state index in [1.165, 1.54) is 0 Å². The molecule has 0 aliphatic carbocycles. The monoisotopic (exact) mass is 269 g/mol. The number of carbonyl (C=O) groups is 1. The lowest BCUT2D eigenvalue weighted by Gasteiger charge is -2.20. The molecule has 0 spiro atoms. The van der Waals surface area contributed by atoms with E-state index in [0.717, 1.165) is 0 Å². The van der Waals surface area contributed by atoms with Crippen molar-refractivity contribution < 1.29 is 4.79 Å². The summed E-state index contributed by atoms with van der Waals surface area (Å²) in [6.07, 6.45) is 0.506. The van der Waals surface area contributed by atoms with Crippen molar-refractivity contribution in [2.45, 2.75) is 31.1 Å². The van der Waals surface area contributed by atoms with Gasteiger partial charge in [-0.1, -0.05) is 43.4 Å². The van der Waals surface area contributed by atoms with E-state index in [9.17, 15) is 4.79 Å². The molecule has 1 amide bonds. The van der Waals surface area contributed by atoms with Gasteiger partial charge in [0.15, 0.2) is 0 Å². The second-order valence-electron chi connectivity index (χ2n) is 3.34. The minimum Gasteiger partial charge on any atom is -0.370 e. The molecular formula is C8H16INO. The Morgan fingerprint density at radius 2 is 1.91 bits per heavy atom. The molecule has 0 bridgehead atoms. The van der Waals surface area contributed by atoms with Crippen LogP contribution in [-0.4, -0.2) is 9.83 Å². The van der Waals surface area contributed by atoms with E-state index in [4.69, 9.17) is 5.73 Å². The predicted molar refractivity (Wildman–Crippen MR) is 55.6 cm³/mol. The maximum Gasteiger partial charge on any atom is 0.217 e. The molecule has 0 aromatic heterocycles. The molecule has 2 N–H and O–H groups in total. The first-order valence-electron chi connectivity index (χ1n) is 3.87. The normalized spacial score (nSPS) is 16.5. The first kappa shape index (κ1) is 11.2. The molecule has 2 nitrogen and oxygen atoms in total. The SMILES string of the molecule is CC(C)[C@H](I)[C@H](C)CC(N)=O. The van der Waals surface area contributed by atoms with E-state index in [1.54, 1.807) is 0 Å². The number of hydrogen-bond acceptors (Lipinski definition) is 1. The Morgan fingerprint density at radius 3 is 2.18 bits per heavy atom. The van der Waals surface area contributed by atoms with Crippen LogP contribution in [0.1, 0.15) is 27.2 Å². The fraction of sp³-hybridized carbons (Fsp3) is 0.875. The van der Waals surface area contributed by atoms with Crippen molar-refractivity contribution in [3.8, 4) is 0 Å². The molecule has 66 valence electrons. The highest BCUT2D eigenvalue weighted by Crippen LogP contribution is 2.23.